The average Bonchev–Trinajstić information content (AvgIpc) is 3.37. The minimum Gasteiger partial charge on any atom is -0.287 e. The van der Waals surface area contributed by atoms with Crippen LogP contribution in [0, 0.1) is 0 Å². The van der Waals surface area contributed by atoms with Crippen molar-refractivity contribution in [1.29, 1.82) is 0 Å². The molecule has 8 rings (SSSR count). The molecule has 184 valence electrons. The summed E-state index contributed by atoms with van der Waals surface area (Å²) in [5.41, 5.74) is 5.50. The summed E-state index contributed by atoms with van der Waals surface area (Å²) < 4.78 is -0.0287. The molecule has 4 aliphatic rings. The first kappa shape index (κ1) is 22.4. The number of benzene rings is 4. The van der Waals surface area contributed by atoms with Gasteiger partial charge in [0.05, 0.1) is 12.1 Å². The summed E-state index contributed by atoms with van der Waals surface area (Å²) in [5.74, 6) is 0. The van der Waals surface area contributed by atoms with E-state index in [0.717, 1.165) is 19.3 Å². The molecule has 0 amide bonds. The summed E-state index contributed by atoms with van der Waals surface area (Å²) in [6.45, 7) is 4.94. The van der Waals surface area contributed by atoms with Crippen LogP contribution in [0.15, 0.2) is 80.4 Å². The highest BCUT2D eigenvalue weighted by molar-refractivity contribution is 8.01. The van der Waals surface area contributed by atoms with Crippen molar-refractivity contribution in [3.8, 4) is 0 Å². The largest absolute Gasteiger partial charge is 0.287 e. The van der Waals surface area contributed by atoms with E-state index in [0.29, 0.717) is 0 Å². The molecule has 4 heteroatoms. The van der Waals surface area contributed by atoms with E-state index in [1.165, 1.54) is 66.4 Å². The minimum absolute atomic E-state index is 0.0143. The second kappa shape index (κ2) is 7.97. The number of aliphatic imine (C=N–C) groups is 2. The molecule has 0 radical (unpaired) electrons. The van der Waals surface area contributed by atoms with Crippen molar-refractivity contribution in [2.24, 2.45) is 9.98 Å². The lowest BCUT2D eigenvalue weighted by atomic mass is 9.82. The third-order valence-electron chi connectivity index (χ3n) is 9.03. The monoisotopic (exact) mass is 518 g/mol. The average molecular weight is 519 g/mol. The molecule has 3 aliphatic heterocycles. The number of thioether (sulfide) groups is 2. The fourth-order valence-corrected chi connectivity index (χ4v) is 10.7. The van der Waals surface area contributed by atoms with E-state index in [1.54, 1.807) is 0 Å². The maximum Gasteiger partial charge on any atom is 0.0723 e. The number of nitrogens with zero attached hydrogens (tertiary/aromatic N) is 2. The van der Waals surface area contributed by atoms with Crippen molar-refractivity contribution >= 4 is 57.5 Å². The molecule has 4 atom stereocenters. The zero-order valence-electron chi connectivity index (χ0n) is 21.3. The van der Waals surface area contributed by atoms with Crippen LogP contribution in [0.3, 0.4) is 0 Å². The number of rotatable bonds is 0. The van der Waals surface area contributed by atoms with E-state index in [4.69, 9.17) is 9.98 Å². The van der Waals surface area contributed by atoms with Gasteiger partial charge in [-0.05, 0) is 55.0 Å². The Bertz CT molecular complexity index is 1550. The van der Waals surface area contributed by atoms with Gasteiger partial charge in [0.1, 0.15) is 0 Å². The Labute approximate surface area is 227 Å². The van der Waals surface area contributed by atoms with Crippen LogP contribution < -0.4 is 0 Å². The van der Waals surface area contributed by atoms with E-state index in [1.807, 2.05) is 0 Å². The second-order valence-corrected chi connectivity index (χ2v) is 14.6. The normalized spacial score (nSPS) is 31.4. The molecular weight excluding hydrogens is 489 g/mol. The van der Waals surface area contributed by atoms with E-state index in [-0.39, 0.29) is 21.6 Å². The molecule has 1 saturated carbocycles. The molecule has 0 N–H and O–H groups in total. The van der Waals surface area contributed by atoms with Crippen LogP contribution in [0.2, 0.25) is 0 Å². The molecule has 4 unspecified atom stereocenters. The Kier molecular flexibility index (Phi) is 4.83. The van der Waals surface area contributed by atoms with Crippen LogP contribution in [-0.2, 0) is 9.49 Å². The van der Waals surface area contributed by atoms with Crippen LogP contribution in [-0.4, -0.2) is 24.5 Å². The Balaban J connectivity index is 1.39. The molecule has 37 heavy (non-hydrogen) atoms. The fraction of sp³-hybridized carbons (Fsp3) is 0.333. The van der Waals surface area contributed by atoms with Crippen molar-refractivity contribution in [2.45, 2.75) is 77.3 Å². The van der Waals surface area contributed by atoms with Crippen molar-refractivity contribution in [3.05, 3.63) is 82.9 Å². The number of hydrogen-bond acceptors (Lipinski definition) is 4. The van der Waals surface area contributed by atoms with Gasteiger partial charge < -0.3 is 0 Å². The van der Waals surface area contributed by atoms with Crippen LogP contribution in [0.5, 0.6) is 0 Å². The lowest BCUT2D eigenvalue weighted by molar-refractivity contribution is 0.390. The SMILES string of the molecule is CC12CC3(C)Sc4c(ccc5cccc3c45)/C=N/C3CCCCC3/N=C/c3ccc4cccc1c4c3S2. The van der Waals surface area contributed by atoms with Gasteiger partial charge in [-0.3, -0.25) is 9.98 Å². The fourth-order valence-electron chi connectivity index (χ4n) is 7.29. The van der Waals surface area contributed by atoms with Gasteiger partial charge >= 0.3 is 0 Å². The standard InChI is InChI=1S/C33H30N2S2/c1-32-19-33(2)25-10-6-8-21-14-16-23(31(37-33)29(21)25)18-35-27-12-4-3-11-26(27)34-17-22-15-13-20-7-5-9-24(32)28(20)30(22)36-32/h5-10,13-18,26-27H,3-4,11-12,19H2,1-2H3/b34-17+,35-18+. The third-order valence-corrected chi connectivity index (χ3v) is 11.9. The van der Waals surface area contributed by atoms with Gasteiger partial charge in [-0.1, -0.05) is 73.5 Å². The topological polar surface area (TPSA) is 24.7 Å². The predicted molar refractivity (Wildman–Crippen MR) is 160 cm³/mol. The predicted octanol–water partition coefficient (Wildman–Crippen LogP) is 8.89. The molecule has 4 bridgehead atoms. The van der Waals surface area contributed by atoms with E-state index >= 15 is 0 Å². The summed E-state index contributed by atoms with van der Waals surface area (Å²) in [6.07, 6.45) is 10.2. The van der Waals surface area contributed by atoms with Gasteiger partial charge in [-0.25, -0.2) is 0 Å². The quantitative estimate of drug-likeness (QED) is 0.232. The zero-order valence-corrected chi connectivity index (χ0v) is 23.0. The van der Waals surface area contributed by atoms with Crippen LogP contribution in [0.4, 0.5) is 0 Å². The molecule has 2 nitrogen and oxygen atoms in total. The highest BCUT2D eigenvalue weighted by atomic mass is 32.2. The van der Waals surface area contributed by atoms with E-state index in [2.05, 4.69) is 110 Å². The van der Waals surface area contributed by atoms with Gasteiger partial charge in [0.15, 0.2) is 0 Å². The maximum absolute atomic E-state index is 5.21. The first-order valence-corrected chi connectivity index (χ1v) is 15.2. The molecule has 1 aliphatic carbocycles. The van der Waals surface area contributed by atoms with Crippen LogP contribution in [0.25, 0.3) is 21.5 Å². The lowest BCUT2D eigenvalue weighted by Gasteiger charge is -2.35. The van der Waals surface area contributed by atoms with Gasteiger partial charge in [-0.15, -0.1) is 23.5 Å². The molecule has 0 aromatic heterocycles. The first-order valence-electron chi connectivity index (χ1n) is 13.6. The first-order chi connectivity index (χ1) is 18.0. The summed E-state index contributed by atoms with van der Waals surface area (Å²) >= 11 is 4.14. The Morgan fingerprint density at radius 2 is 1.14 bits per heavy atom. The van der Waals surface area contributed by atoms with E-state index < -0.39 is 0 Å². The minimum atomic E-state index is -0.0143. The molecule has 0 spiro atoms. The Hall–Kier alpha value is -2.56. The molecule has 1 fully saturated rings. The van der Waals surface area contributed by atoms with Crippen molar-refractivity contribution in [3.63, 3.8) is 0 Å². The molecule has 4 aromatic rings. The molecule has 0 saturated heterocycles. The van der Waals surface area contributed by atoms with Crippen molar-refractivity contribution < 1.29 is 0 Å². The lowest BCUT2D eigenvalue weighted by Crippen LogP contribution is -2.27. The highest BCUT2D eigenvalue weighted by Gasteiger charge is 2.47. The van der Waals surface area contributed by atoms with Gasteiger partial charge in [0, 0.05) is 53.6 Å². The molecule has 3 heterocycles. The van der Waals surface area contributed by atoms with Gasteiger partial charge in [0.25, 0.3) is 0 Å². The number of hydrogen-bond donors (Lipinski definition) is 0. The summed E-state index contributed by atoms with van der Waals surface area (Å²) in [6, 6.07) is 23.5. The van der Waals surface area contributed by atoms with Gasteiger partial charge in [-0.2, -0.15) is 0 Å². The van der Waals surface area contributed by atoms with Gasteiger partial charge in [0.2, 0.25) is 0 Å². The second-order valence-electron chi connectivity index (χ2n) is 11.6. The van der Waals surface area contributed by atoms with Crippen molar-refractivity contribution in [1.82, 2.24) is 0 Å². The third kappa shape index (κ3) is 3.28. The zero-order chi connectivity index (χ0) is 24.8. The van der Waals surface area contributed by atoms with E-state index in [9.17, 15) is 0 Å². The summed E-state index contributed by atoms with van der Waals surface area (Å²) in [5, 5.41) is 5.57. The van der Waals surface area contributed by atoms with Crippen LogP contribution >= 0.6 is 23.5 Å². The molecule has 4 aromatic carbocycles. The Morgan fingerprint density at radius 3 is 1.62 bits per heavy atom. The summed E-state index contributed by atoms with van der Waals surface area (Å²) in [7, 11) is 0. The number of fused-ring (bicyclic) bond motifs is 5. The van der Waals surface area contributed by atoms with Crippen LogP contribution in [0.1, 0.15) is 68.2 Å². The Morgan fingerprint density at radius 1 is 0.649 bits per heavy atom. The molecular formula is C33H30N2S2. The summed E-state index contributed by atoms with van der Waals surface area (Å²) in [4.78, 5) is 13.2. The highest BCUT2D eigenvalue weighted by Crippen LogP contribution is 2.64. The van der Waals surface area contributed by atoms with Crippen molar-refractivity contribution in [2.75, 3.05) is 0 Å². The maximum atomic E-state index is 5.21. The smallest absolute Gasteiger partial charge is 0.0723 e.